The number of aryl methyl sites for hydroxylation is 1. The van der Waals surface area contributed by atoms with E-state index in [-0.39, 0.29) is 5.92 Å². The number of rotatable bonds is 9. The predicted molar refractivity (Wildman–Crippen MR) is 150 cm³/mol. The molecular weight excluding hydrogens is 478 g/mol. The van der Waals surface area contributed by atoms with Crippen LogP contribution in [0.1, 0.15) is 41.6 Å². The number of thiazole rings is 1. The Labute approximate surface area is 219 Å². The highest BCUT2D eigenvalue weighted by atomic mass is 32.1. The second kappa shape index (κ2) is 10.1. The molecule has 3 aromatic carbocycles. The van der Waals surface area contributed by atoms with E-state index in [0.29, 0.717) is 24.1 Å². The molecule has 0 amide bonds. The second-order valence-corrected chi connectivity index (χ2v) is 10.4. The highest BCUT2D eigenvalue weighted by Gasteiger charge is 2.37. The van der Waals surface area contributed by atoms with Crippen molar-refractivity contribution >= 4 is 50.4 Å². The number of anilines is 4. The summed E-state index contributed by atoms with van der Waals surface area (Å²) >= 11 is 1.63. The van der Waals surface area contributed by atoms with Crippen LogP contribution in [-0.2, 0) is 17.6 Å². The molecule has 0 bridgehead atoms. The third kappa shape index (κ3) is 5.37. The monoisotopic (exact) mass is 505 g/mol. The van der Waals surface area contributed by atoms with Crippen molar-refractivity contribution in [3.63, 3.8) is 0 Å². The summed E-state index contributed by atoms with van der Waals surface area (Å²) in [5.41, 5.74) is 6.48. The molecular formula is C30H27N5OS. The Morgan fingerprint density at radius 1 is 0.919 bits per heavy atom. The molecule has 2 heterocycles. The molecule has 1 saturated carbocycles. The molecule has 0 spiro atoms. The quantitative estimate of drug-likeness (QED) is 0.209. The first-order valence-electron chi connectivity index (χ1n) is 12.6. The molecule has 184 valence electrons. The summed E-state index contributed by atoms with van der Waals surface area (Å²) in [5, 5.41) is 7.57. The molecule has 1 aliphatic carbocycles. The minimum Gasteiger partial charge on any atom is -0.324 e. The summed E-state index contributed by atoms with van der Waals surface area (Å²) in [6.45, 7) is 2.16. The normalized spacial score (nSPS) is 16.5. The molecule has 1 aliphatic rings. The molecule has 0 aliphatic heterocycles. The largest absolute Gasteiger partial charge is 0.324 e. The van der Waals surface area contributed by atoms with Crippen LogP contribution in [0.4, 0.5) is 22.6 Å². The summed E-state index contributed by atoms with van der Waals surface area (Å²) in [6.07, 6.45) is 3.70. The van der Waals surface area contributed by atoms with Crippen molar-refractivity contribution in [3.05, 3.63) is 101 Å². The van der Waals surface area contributed by atoms with E-state index < -0.39 is 0 Å². The summed E-state index contributed by atoms with van der Waals surface area (Å²) in [4.78, 5) is 25.3. The van der Waals surface area contributed by atoms with Gasteiger partial charge in [-0.2, -0.15) is 4.98 Å². The number of carbonyl (C=O) groups excluding carboxylic acids is 1. The fourth-order valence-electron chi connectivity index (χ4n) is 4.56. The Morgan fingerprint density at radius 3 is 2.51 bits per heavy atom. The molecule has 2 aromatic heterocycles. The third-order valence-corrected chi connectivity index (χ3v) is 7.65. The van der Waals surface area contributed by atoms with Gasteiger partial charge in [-0.25, -0.2) is 9.97 Å². The van der Waals surface area contributed by atoms with E-state index in [1.807, 2.05) is 36.4 Å². The van der Waals surface area contributed by atoms with Crippen molar-refractivity contribution in [2.24, 2.45) is 5.92 Å². The Bertz CT molecular complexity index is 1550. The van der Waals surface area contributed by atoms with Crippen LogP contribution in [0, 0.1) is 5.92 Å². The fraction of sp³-hybridized carbons (Fsp3) is 0.200. The van der Waals surface area contributed by atoms with E-state index in [9.17, 15) is 4.79 Å². The SMILES string of the molecule is CCc1ccc2nc(Nc3cc(Cc4ccccc4)nc(Nc4ccc(C5CC5C=O)cc4)n3)sc2c1. The number of carbonyl (C=O) groups is 1. The maximum Gasteiger partial charge on any atom is 0.229 e. The van der Waals surface area contributed by atoms with Crippen LogP contribution in [0.2, 0.25) is 0 Å². The Hall–Kier alpha value is -4.10. The van der Waals surface area contributed by atoms with E-state index in [2.05, 4.69) is 60.0 Å². The number of nitrogens with zero attached hydrogens (tertiary/aromatic N) is 3. The van der Waals surface area contributed by atoms with Crippen LogP contribution in [-0.4, -0.2) is 21.2 Å². The second-order valence-electron chi connectivity index (χ2n) is 9.42. The minimum atomic E-state index is 0.168. The molecule has 7 heteroatoms. The number of aromatic nitrogens is 3. The lowest BCUT2D eigenvalue weighted by atomic mass is 10.1. The van der Waals surface area contributed by atoms with Gasteiger partial charge in [0.2, 0.25) is 5.95 Å². The van der Waals surface area contributed by atoms with E-state index in [4.69, 9.17) is 15.0 Å². The van der Waals surface area contributed by atoms with Gasteiger partial charge in [0.25, 0.3) is 0 Å². The molecule has 0 radical (unpaired) electrons. The molecule has 6 rings (SSSR count). The average molecular weight is 506 g/mol. The molecule has 1 fully saturated rings. The standard InChI is InChI=1S/C30H27N5OS/c1-2-19-8-13-26-27(15-19)37-30(33-26)35-28-17-24(14-20-6-4-3-5-7-20)32-29(34-28)31-23-11-9-21(10-12-23)25-16-22(25)18-36/h3-13,15,17-18,22,25H,2,14,16H2,1H3,(H2,31,32,33,34,35). The van der Waals surface area contributed by atoms with Crippen molar-refractivity contribution < 1.29 is 4.79 Å². The smallest absolute Gasteiger partial charge is 0.229 e. The van der Waals surface area contributed by atoms with Crippen molar-refractivity contribution in [2.75, 3.05) is 10.6 Å². The Balaban J connectivity index is 1.27. The summed E-state index contributed by atoms with van der Waals surface area (Å²) < 4.78 is 1.16. The van der Waals surface area contributed by atoms with Gasteiger partial charge < -0.3 is 15.4 Å². The summed E-state index contributed by atoms with van der Waals surface area (Å²) in [5.74, 6) is 1.74. The van der Waals surface area contributed by atoms with Crippen LogP contribution in [0.25, 0.3) is 10.2 Å². The number of hydrogen-bond donors (Lipinski definition) is 2. The maximum absolute atomic E-state index is 11.0. The molecule has 2 unspecified atom stereocenters. The van der Waals surface area contributed by atoms with Gasteiger partial charge in [0.15, 0.2) is 5.13 Å². The van der Waals surface area contributed by atoms with E-state index >= 15 is 0 Å². The van der Waals surface area contributed by atoms with Gasteiger partial charge in [-0.05, 0) is 59.7 Å². The van der Waals surface area contributed by atoms with Crippen molar-refractivity contribution in [1.29, 1.82) is 0 Å². The lowest BCUT2D eigenvalue weighted by Gasteiger charge is -2.11. The van der Waals surface area contributed by atoms with E-state index in [0.717, 1.165) is 45.9 Å². The fourth-order valence-corrected chi connectivity index (χ4v) is 5.49. The van der Waals surface area contributed by atoms with Crippen molar-refractivity contribution in [3.8, 4) is 0 Å². The predicted octanol–water partition coefficient (Wildman–Crippen LogP) is 7.03. The van der Waals surface area contributed by atoms with Gasteiger partial charge in [0, 0.05) is 24.1 Å². The Kier molecular flexibility index (Phi) is 6.37. The van der Waals surface area contributed by atoms with E-state index in [1.165, 1.54) is 16.7 Å². The van der Waals surface area contributed by atoms with Gasteiger partial charge in [-0.3, -0.25) is 0 Å². The maximum atomic E-state index is 11.0. The molecule has 6 nitrogen and oxygen atoms in total. The zero-order chi connectivity index (χ0) is 25.2. The number of fused-ring (bicyclic) bond motifs is 1. The third-order valence-electron chi connectivity index (χ3n) is 6.71. The average Bonchev–Trinajstić information content (AvgIpc) is 3.60. The minimum absolute atomic E-state index is 0.168. The molecule has 5 aromatic rings. The zero-order valence-electron chi connectivity index (χ0n) is 20.5. The molecule has 0 saturated heterocycles. The van der Waals surface area contributed by atoms with E-state index in [1.54, 1.807) is 11.3 Å². The highest BCUT2D eigenvalue weighted by Crippen LogP contribution is 2.46. The lowest BCUT2D eigenvalue weighted by Crippen LogP contribution is -2.04. The number of nitrogens with one attached hydrogen (secondary N) is 2. The zero-order valence-corrected chi connectivity index (χ0v) is 21.3. The van der Waals surface area contributed by atoms with Crippen LogP contribution in [0.15, 0.2) is 78.9 Å². The van der Waals surface area contributed by atoms with Crippen molar-refractivity contribution in [2.45, 2.75) is 32.1 Å². The summed E-state index contributed by atoms with van der Waals surface area (Å²) in [7, 11) is 0. The molecule has 37 heavy (non-hydrogen) atoms. The van der Waals surface area contributed by atoms with Crippen LogP contribution >= 0.6 is 11.3 Å². The first-order chi connectivity index (χ1) is 18.2. The van der Waals surface area contributed by atoms with Crippen LogP contribution in [0.5, 0.6) is 0 Å². The molecule has 2 atom stereocenters. The van der Waals surface area contributed by atoms with Gasteiger partial charge in [-0.15, -0.1) is 0 Å². The number of hydrogen-bond acceptors (Lipinski definition) is 7. The highest BCUT2D eigenvalue weighted by molar-refractivity contribution is 7.22. The van der Waals surface area contributed by atoms with Crippen LogP contribution < -0.4 is 10.6 Å². The Morgan fingerprint density at radius 2 is 1.76 bits per heavy atom. The van der Waals surface area contributed by atoms with Gasteiger partial charge in [0.05, 0.1) is 15.9 Å². The van der Waals surface area contributed by atoms with Crippen LogP contribution in [0.3, 0.4) is 0 Å². The number of aldehydes is 1. The van der Waals surface area contributed by atoms with Gasteiger partial charge in [-0.1, -0.05) is 66.8 Å². The number of benzene rings is 3. The summed E-state index contributed by atoms with van der Waals surface area (Å²) in [6, 6.07) is 26.9. The molecule has 2 N–H and O–H groups in total. The van der Waals surface area contributed by atoms with Gasteiger partial charge >= 0.3 is 0 Å². The topological polar surface area (TPSA) is 79.8 Å². The van der Waals surface area contributed by atoms with Gasteiger partial charge in [0.1, 0.15) is 12.1 Å². The first-order valence-corrected chi connectivity index (χ1v) is 13.4. The lowest BCUT2D eigenvalue weighted by molar-refractivity contribution is -0.108. The van der Waals surface area contributed by atoms with Crippen molar-refractivity contribution in [1.82, 2.24) is 15.0 Å². The first kappa shape index (κ1) is 23.3.